The van der Waals surface area contributed by atoms with Crippen LogP contribution < -0.4 is 4.80 Å². The van der Waals surface area contributed by atoms with Gasteiger partial charge in [-0.3, -0.25) is 4.79 Å². The molecule has 0 unspecified atom stereocenters. The summed E-state index contributed by atoms with van der Waals surface area (Å²) in [6.07, 6.45) is -7.86. The van der Waals surface area contributed by atoms with Crippen LogP contribution in [0.15, 0.2) is 23.2 Å². The Morgan fingerprint density at radius 3 is 2.19 bits per heavy atom. The molecule has 1 amide bonds. The number of nitrogens with zero attached hydrogens (tertiary/aromatic N) is 2. The lowest BCUT2D eigenvalue weighted by atomic mass is 9.93. The number of hydrogen-bond donors (Lipinski definition) is 0. The third kappa shape index (κ3) is 5.22. The second-order valence-corrected chi connectivity index (χ2v) is 9.75. The molecule has 1 saturated carbocycles. The molecule has 0 atom stereocenters. The van der Waals surface area contributed by atoms with Gasteiger partial charge >= 0.3 is 12.4 Å². The molecule has 0 saturated heterocycles. The Morgan fingerprint density at radius 2 is 1.71 bits per heavy atom. The Bertz CT molecular complexity index is 1070. The second kappa shape index (κ2) is 7.79. The first-order chi connectivity index (χ1) is 14.1. The van der Waals surface area contributed by atoms with Gasteiger partial charge in [-0.1, -0.05) is 20.8 Å². The Kier molecular flexibility index (Phi) is 5.92. The molecule has 0 N–H and O–H groups in total. The van der Waals surface area contributed by atoms with Crippen molar-refractivity contribution in [1.82, 2.24) is 4.57 Å². The average molecular weight is 464 g/mol. The van der Waals surface area contributed by atoms with E-state index in [1.54, 1.807) is 4.57 Å². The molecule has 31 heavy (non-hydrogen) atoms. The quantitative estimate of drug-likeness (QED) is 0.488. The maximum atomic E-state index is 13.4. The van der Waals surface area contributed by atoms with E-state index >= 15 is 0 Å². The SMILES string of the molecule is Cc1c(C(C)(C)C)sc(=NC(=O)c2cc(C(F)(F)F)ccc2C(F)(F)F)n1CC1CC1. The van der Waals surface area contributed by atoms with E-state index in [2.05, 4.69) is 4.99 Å². The van der Waals surface area contributed by atoms with Crippen LogP contribution in [0.25, 0.3) is 0 Å². The molecule has 1 aromatic carbocycles. The zero-order valence-corrected chi connectivity index (χ0v) is 18.2. The molecule has 1 aromatic heterocycles. The summed E-state index contributed by atoms with van der Waals surface area (Å²) in [7, 11) is 0. The average Bonchev–Trinajstić information content (AvgIpc) is 3.38. The highest BCUT2D eigenvalue weighted by Gasteiger charge is 2.39. The molecular weight excluding hydrogens is 442 g/mol. The molecule has 3 rings (SSSR count). The van der Waals surface area contributed by atoms with E-state index < -0.39 is 35.0 Å². The third-order valence-electron chi connectivity index (χ3n) is 5.06. The lowest BCUT2D eigenvalue weighted by Gasteiger charge is -2.17. The van der Waals surface area contributed by atoms with E-state index in [0.717, 1.165) is 23.4 Å². The zero-order valence-electron chi connectivity index (χ0n) is 17.4. The fraction of sp³-hybridized carbons (Fsp3) is 0.524. The number of rotatable bonds is 3. The highest BCUT2D eigenvalue weighted by molar-refractivity contribution is 7.09. The molecule has 0 aliphatic heterocycles. The Morgan fingerprint density at radius 1 is 1.10 bits per heavy atom. The number of halogens is 6. The van der Waals surface area contributed by atoms with Gasteiger partial charge in [0.2, 0.25) is 0 Å². The highest BCUT2D eigenvalue weighted by atomic mass is 32.1. The number of carbonyl (C=O) groups excluding carboxylic acids is 1. The molecular formula is C21H22F6N2OS. The van der Waals surface area contributed by atoms with Crippen molar-refractivity contribution in [2.75, 3.05) is 0 Å². The summed E-state index contributed by atoms with van der Waals surface area (Å²) in [5.74, 6) is -0.945. The summed E-state index contributed by atoms with van der Waals surface area (Å²) in [4.78, 5) is 17.7. The van der Waals surface area contributed by atoms with Gasteiger partial charge in [0.25, 0.3) is 5.91 Å². The Balaban J connectivity index is 2.18. The Hall–Kier alpha value is -2.10. The van der Waals surface area contributed by atoms with E-state index in [9.17, 15) is 31.1 Å². The molecule has 2 aromatic rings. The molecule has 0 bridgehead atoms. The number of hydrogen-bond acceptors (Lipinski definition) is 2. The van der Waals surface area contributed by atoms with Gasteiger partial charge in [0, 0.05) is 17.1 Å². The number of aromatic nitrogens is 1. The zero-order chi connectivity index (χ0) is 23.4. The normalized spacial score (nSPS) is 16.1. The van der Waals surface area contributed by atoms with Crippen molar-refractivity contribution in [3.05, 3.63) is 50.3 Å². The van der Waals surface area contributed by atoms with Crippen LogP contribution in [-0.2, 0) is 24.3 Å². The van der Waals surface area contributed by atoms with Crippen molar-refractivity contribution >= 4 is 17.2 Å². The standard InChI is InChI=1S/C21H22F6N2OS/c1-11-16(19(2,3)4)31-18(29(11)10-12-5-6-12)28-17(30)14-9-13(20(22,23)24)7-8-15(14)21(25,26)27/h7-9,12H,5-6,10H2,1-4H3. The molecule has 1 heterocycles. The second-order valence-electron chi connectivity index (χ2n) is 8.78. The van der Waals surface area contributed by atoms with Crippen LogP contribution in [0.5, 0.6) is 0 Å². The molecule has 0 spiro atoms. The summed E-state index contributed by atoms with van der Waals surface area (Å²) in [6.45, 7) is 8.32. The van der Waals surface area contributed by atoms with E-state index in [-0.39, 0.29) is 22.3 Å². The third-order valence-corrected chi connectivity index (χ3v) is 6.66. The number of carbonyl (C=O) groups is 1. The molecule has 0 radical (unpaired) electrons. The smallest absolute Gasteiger partial charge is 0.320 e. The minimum Gasteiger partial charge on any atom is -0.320 e. The van der Waals surface area contributed by atoms with Crippen molar-refractivity contribution in [3.63, 3.8) is 0 Å². The van der Waals surface area contributed by atoms with Crippen molar-refractivity contribution in [2.45, 2.75) is 64.8 Å². The Labute approximate surface area is 179 Å². The summed E-state index contributed by atoms with van der Waals surface area (Å²) < 4.78 is 81.1. The molecule has 170 valence electrons. The van der Waals surface area contributed by atoms with E-state index in [1.165, 1.54) is 11.3 Å². The molecule has 1 aliphatic rings. The lowest BCUT2D eigenvalue weighted by Crippen LogP contribution is -2.21. The van der Waals surface area contributed by atoms with Gasteiger partial charge in [0.15, 0.2) is 4.80 Å². The van der Waals surface area contributed by atoms with Crippen molar-refractivity contribution in [1.29, 1.82) is 0 Å². The minimum absolute atomic E-state index is 0.199. The van der Waals surface area contributed by atoms with Gasteiger partial charge in [0.1, 0.15) is 0 Å². The largest absolute Gasteiger partial charge is 0.417 e. The van der Waals surface area contributed by atoms with Gasteiger partial charge in [0.05, 0.1) is 16.7 Å². The molecule has 3 nitrogen and oxygen atoms in total. The van der Waals surface area contributed by atoms with Crippen LogP contribution in [0.3, 0.4) is 0 Å². The van der Waals surface area contributed by atoms with Crippen molar-refractivity contribution in [3.8, 4) is 0 Å². The number of amides is 1. The number of benzene rings is 1. The maximum Gasteiger partial charge on any atom is 0.417 e. The van der Waals surface area contributed by atoms with Crippen molar-refractivity contribution in [2.24, 2.45) is 10.9 Å². The summed E-state index contributed by atoms with van der Waals surface area (Å²) >= 11 is 1.18. The molecule has 1 aliphatic carbocycles. The fourth-order valence-corrected chi connectivity index (χ4v) is 4.53. The van der Waals surface area contributed by atoms with Crippen LogP contribution in [0.4, 0.5) is 26.3 Å². The predicted octanol–water partition coefficient (Wildman–Crippen LogP) is 6.34. The van der Waals surface area contributed by atoms with Crippen LogP contribution in [0.1, 0.15) is 65.7 Å². The van der Waals surface area contributed by atoms with Gasteiger partial charge in [-0.25, -0.2) is 0 Å². The monoisotopic (exact) mass is 464 g/mol. The van der Waals surface area contributed by atoms with Gasteiger partial charge in [-0.15, -0.1) is 11.3 Å². The number of alkyl halides is 6. The summed E-state index contributed by atoms with van der Waals surface area (Å²) in [5, 5.41) is 0. The molecule has 1 fully saturated rings. The predicted molar refractivity (Wildman–Crippen MR) is 105 cm³/mol. The van der Waals surface area contributed by atoms with Crippen LogP contribution in [0, 0.1) is 12.8 Å². The van der Waals surface area contributed by atoms with E-state index in [1.807, 2.05) is 27.7 Å². The lowest BCUT2D eigenvalue weighted by molar-refractivity contribution is -0.141. The van der Waals surface area contributed by atoms with Crippen LogP contribution in [-0.4, -0.2) is 10.5 Å². The maximum absolute atomic E-state index is 13.4. The topological polar surface area (TPSA) is 34.4 Å². The summed E-state index contributed by atoms with van der Waals surface area (Å²) in [5.41, 5.74) is -3.31. The van der Waals surface area contributed by atoms with Crippen LogP contribution in [0.2, 0.25) is 0 Å². The van der Waals surface area contributed by atoms with E-state index in [4.69, 9.17) is 0 Å². The first-order valence-corrected chi connectivity index (χ1v) is 10.5. The highest BCUT2D eigenvalue weighted by Crippen LogP contribution is 2.37. The van der Waals surface area contributed by atoms with Crippen molar-refractivity contribution < 1.29 is 31.1 Å². The summed E-state index contributed by atoms with van der Waals surface area (Å²) in [6, 6.07) is 0.828. The van der Waals surface area contributed by atoms with Gasteiger partial charge < -0.3 is 4.57 Å². The first kappa shape index (κ1) is 23.6. The first-order valence-electron chi connectivity index (χ1n) is 9.67. The fourth-order valence-electron chi connectivity index (χ4n) is 3.33. The van der Waals surface area contributed by atoms with Gasteiger partial charge in [-0.05, 0) is 49.3 Å². The van der Waals surface area contributed by atoms with Crippen LogP contribution >= 0.6 is 11.3 Å². The number of thiazole rings is 1. The van der Waals surface area contributed by atoms with Gasteiger partial charge in [-0.2, -0.15) is 31.3 Å². The minimum atomic E-state index is -4.99. The molecule has 10 heteroatoms. The van der Waals surface area contributed by atoms with E-state index in [0.29, 0.717) is 18.5 Å².